The van der Waals surface area contributed by atoms with E-state index < -0.39 is 0 Å². The van der Waals surface area contributed by atoms with Crippen molar-refractivity contribution in [2.24, 2.45) is 0 Å². The molecule has 6 heteroatoms. The molecule has 0 aliphatic carbocycles. The van der Waals surface area contributed by atoms with E-state index in [0.29, 0.717) is 11.9 Å². The minimum atomic E-state index is 0.0923. The zero-order valence-electron chi connectivity index (χ0n) is 11.1. The molecule has 1 N–H and O–H groups in total. The van der Waals surface area contributed by atoms with Crippen LogP contribution in [0.4, 0.5) is 11.9 Å². The first-order chi connectivity index (χ1) is 9.06. The molecule has 1 aromatic carbocycles. The van der Waals surface area contributed by atoms with E-state index in [2.05, 4.69) is 20.3 Å². The molecule has 0 amide bonds. The van der Waals surface area contributed by atoms with Crippen LogP contribution in [0.5, 0.6) is 0 Å². The maximum Gasteiger partial charge on any atom is 0.230 e. The van der Waals surface area contributed by atoms with Crippen LogP contribution in [0.25, 0.3) is 0 Å². The third-order valence-corrected chi connectivity index (χ3v) is 2.81. The monoisotopic (exact) mass is 277 g/mol. The molecule has 2 aromatic rings. The number of hydrogen-bond donors (Lipinski definition) is 1. The van der Waals surface area contributed by atoms with Crippen molar-refractivity contribution < 1.29 is 0 Å². The number of nitrogens with zero attached hydrogens (tertiary/aromatic N) is 4. The van der Waals surface area contributed by atoms with Gasteiger partial charge in [-0.15, -0.1) is 0 Å². The van der Waals surface area contributed by atoms with E-state index in [1.807, 2.05) is 51.4 Å². The van der Waals surface area contributed by atoms with Gasteiger partial charge in [0.15, 0.2) is 0 Å². The van der Waals surface area contributed by atoms with Crippen LogP contribution in [-0.4, -0.2) is 29.0 Å². The van der Waals surface area contributed by atoms with Crippen molar-refractivity contribution in [3.8, 4) is 0 Å². The zero-order chi connectivity index (χ0) is 13.8. The molecule has 5 nitrogen and oxygen atoms in total. The Kier molecular flexibility index (Phi) is 4.16. The Morgan fingerprint density at radius 1 is 1.11 bits per heavy atom. The van der Waals surface area contributed by atoms with Gasteiger partial charge in [-0.25, -0.2) is 0 Å². The Morgan fingerprint density at radius 2 is 1.79 bits per heavy atom. The lowest BCUT2D eigenvalue weighted by molar-refractivity contribution is 0.847. The lowest BCUT2D eigenvalue weighted by atomic mass is 10.1. The summed E-state index contributed by atoms with van der Waals surface area (Å²) in [5, 5.41) is 3.40. The first-order valence-electron chi connectivity index (χ1n) is 5.96. The van der Waals surface area contributed by atoms with Crippen molar-refractivity contribution >= 4 is 23.5 Å². The second kappa shape index (κ2) is 5.84. The highest BCUT2D eigenvalue weighted by Gasteiger charge is 2.10. The van der Waals surface area contributed by atoms with Crippen LogP contribution >= 0.6 is 11.6 Å². The third-order valence-electron chi connectivity index (χ3n) is 2.64. The molecule has 0 bridgehead atoms. The average Bonchev–Trinajstić information content (AvgIpc) is 2.39. The second-order valence-electron chi connectivity index (χ2n) is 4.40. The fraction of sp³-hybridized carbons (Fsp3) is 0.308. The molecule has 0 unspecified atom stereocenters. The first-order valence-corrected chi connectivity index (χ1v) is 6.34. The van der Waals surface area contributed by atoms with Crippen LogP contribution in [0.15, 0.2) is 30.3 Å². The van der Waals surface area contributed by atoms with Gasteiger partial charge < -0.3 is 10.2 Å². The van der Waals surface area contributed by atoms with Gasteiger partial charge in [0.25, 0.3) is 0 Å². The summed E-state index contributed by atoms with van der Waals surface area (Å²) in [6.07, 6.45) is 0. The topological polar surface area (TPSA) is 53.9 Å². The van der Waals surface area contributed by atoms with E-state index in [0.717, 1.165) is 5.56 Å². The van der Waals surface area contributed by atoms with Gasteiger partial charge in [-0.1, -0.05) is 30.3 Å². The van der Waals surface area contributed by atoms with Crippen LogP contribution < -0.4 is 10.2 Å². The van der Waals surface area contributed by atoms with Crippen LogP contribution in [0, 0.1) is 0 Å². The summed E-state index contributed by atoms with van der Waals surface area (Å²) in [5.74, 6) is 1.00. The van der Waals surface area contributed by atoms with Crippen LogP contribution in [0.2, 0.25) is 5.28 Å². The normalized spacial score (nSPS) is 12.0. The van der Waals surface area contributed by atoms with Gasteiger partial charge in [0.2, 0.25) is 17.2 Å². The second-order valence-corrected chi connectivity index (χ2v) is 4.74. The smallest absolute Gasteiger partial charge is 0.230 e. The largest absolute Gasteiger partial charge is 0.348 e. The summed E-state index contributed by atoms with van der Waals surface area (Å²) < 4.78 is 0. The van der Waals surface area contributed by atoms with E-state index in [4.69, 9.17) is 11.6 Å². The molecular weight excluding hydrogens is 262 g/mol. The highest BCUT2D eigenvalue weighted by atomic mass is 35.5. The summed E-state index contributed by atoms with van der Waals surface area (Å²) in [4.78, 5) is 14.2. The predicted octanol–water partition coefficient (Wildman–Crippen LogP) is 2.76. The molecule has 0 spiro atoms. The van der Waals surface area contributed by atoms with Crippen molar-refractivity contribution in [1.82, 2.24) is 15.0 Å². The molecule has 19 heavy (non-hydrogen) atoms. The summed E-state index contributed by atoms with van der Waals surface area (Å²) in [6.45, 7) is 2.04. The Labute approximate surface area is 117 Å². The van der Waals surface area contributed by atoms with E-state index in [1.165, 1.54) is 0 Å². The molecule has 0 radical (unpaired) electrons. The lowest BCUT2D eigenvalue weighted by Gasteiger charge is -2.16. The maximum absolute atomic E-state index is 5.89. The SMILES string of the molecule is C[C@H](Nc1nc(Cl)nc(N(C)C)n1)c1ccccc1. The fourth-order valence-corrected chi connectivity index (χ4v) is 1.78. The fourth-order valence-electron chi connectivity index (χ4n) is 1.62. The van der Waals surface area contributed by atoms with Crippen molar-refractivity contribution in [2.45, 2.75) is 13.0 Å². The Balaban J connectivity index is 2.19. The highest BCUT2D eigenvalue weighted by molar-refractivity contribution is 6.28. The van der Waals surface area contributed by atoms with E-state index in [1.54, 1.807) is 4.90 Å². The molecule has 0 saturated carbocycles. The summed E-state index contributed by atoms with van der Waals surface area (Å²) in [6, 6.07) is 10.2. The standard InChI is InChI=1S/C13H16ClN5/c1-9(10-7-5-4-6-8-10)15-12-16-11(14)17-13(18-12)19(2)3/h4-9H,1-3H3,(H,15,16,17,18)/t9-/m0/s1. The molecule has 1 heterocycles. The molecule has 0 fully saturated rings. The number of hydrogen-bond acceptors (Lipinski definition) is 5. The number of rotatable bonds is 4. The zero-order valence-corrected chi connectivity index (χ0v) is 11.9. The quantitative estimate of drug-likeness (QED) is 0.931. The predicted molar refractivity (Wildman–Crippen MR) is 77.6 cm³/mol. The van der Waals surface area contributed by atoms with Crippen molar-refractivity contribution in [2.75, 3.05) is 24.3 Å². The van der Waals surface area contributed by atoms with Crippen LogP contribution in [0.1, 0.15) is 18.5 Å². The molecule has 1 atom stereocenters. The molecule has 1 aromatic heterocycles. The van der Waals surface area contributed by atoms with Crippen molar-refractivity contribution in [1.29, 1.82) is 0 Å². The molecule has 0 saturated heterocycles. The Hall–Kier alpha value is -1.88. The van der Waals surface area contributed by atoms with Gasteiger partial charge in [-0.05, 0) is 24.1 Å². The van der Waals surface area contributed by atoms with E-state index >= 15 is 0 Å². The van der Waals surface area contributed by atoms with Crippen LogP contribution in [0.3, 0.4) is 0 Å². The molecule has 0 aliphatic heterocycles. The van der Waals surface area contributed by atoms with Gasteiger partial charge in [0, 0.05) is 14.1 Å². The Morgan fingerprint density at radius 3 is 2.42 bits per heavy atom. The van der Waals surface area contributed by atoms with E-state index in [9.17, 15) is 0 Å². The third kappa shape index (κ3) is 3.54. The minimum absolute atomic E-state index is 0.0923. The average molecular weight is 278 g/mol. The van der Waals surface area contributed by atoms with Crippen molar-refractivity contribution in [3.63, 3.8) is 0 Å². The number of anilines is 2. The van der Waals surface area contributed by atoms with Crippen LogP contribution in [-0.2, 0) is 0 Å². The molecule has 0 aliphatic rings. The summed E-state index contributed by atoms with van der Waals surface area (Å²) in [7, 11) is 3.71. The number of halogens is 1. The van der Waals surface area contributed by atoms with Crippen molar-refractivity contribution in [3.05, 3.63) is 41.2 Å². The highest BCUT2D eigenvalue weighted by Crippen LogP contribution is 2.18. The van der Waals surface area contributed by atoms with E-state index in [-0.39, 0.29) is 11.3 Å². The minimum Gasteiger partial charge on any atom is -0.348 e. The first kappa shape index (κ1) is 13.5. The lowest BCUT2D eigenvalue weighted by Crippen LogP contribution is -2.16. The van der Waals surface area contributed by atoms with Gasteiger partial charge >= 0.3 is 0 Å². The molecule has 100 valence electrons. The summed E-state index contributed by atoms with van der Waals surface area (Å²) >= 11 is 5.89. The maximum atomic E-state index is 5.89. The molecule has 2 rings (SSSR count). The number of nitrogens with one attached hydrogen (secondary N) is 1. The number of aromatic nitrogens is 3. The van der Waals surface area contributed by atoms with Gasteiger partial charge in [0.1, 0.15) is 0 Å². The Bertz CT molecular complexity index is 544. The summed E-state index contributed by atoms with van der Waals surface area (Å²) in [5.41, 5.74) is 1.16. The van der Waals surface area contributed by atoms with Gasteiger partial charge in [0.05, 0.1) is 6.04 Å². The molecular formula is C13H16ClN5. The van der Waals surface area contributed by atoms with Gasteiger partial charge in [-0.2, -0.15) is 15.0 Å². The number of benzene rings is 1. The van der Waals surface area contributed by atoms with Gasteiger partial charge in [-0.3, -0.25) is 0 Å².